The van der Waals surface area contributed by atoms with Gasteiger partial charge in [-0.1, -0.05) is 6.42 Å². The Bertz CT molecular complexity index is 514. The molecule has 2 aromatic rings. The van der Waals surface area contributed by atoms with Gasteiger partial charge in [0.05, 0.1) is 5.69 Å². The van der Waals surface area contributed by atoms with Crippen LogP contribution in [0.2, 0.25) is 0 Å². The fourth-order valence-electron chi connectivity index (χ4n) is 2.58. The normalized spacial score (nSPS) is 21.5. The molecule has 3 heteroatoms. The van der Waals surface area contributed by atoms with Gasteiger partial charge in [-0.05, 0) is 31.6 Å². The lowest BCUT2D eigenvalue weighted by atomic mass is 9.83. The van der Waals surface area contributed by atoms with Crippen LogP contribution in [-0.2, 0) is 6.54 Å². The summed E-state index contributed by atoms with van der Waals surface area (Å²) in [6.45, 7) is 1.19. The molecule has 2 aliphatic rings. The summed E-state index contributed by atoms with van der Waals surface area (Å²) in [5.74, 6) is 1.67. The Morgan fingerprint density at radius 2 is 2.06 bits per heavy atom. The van der Waals surface area contributed by atoms with Gasteiger partial charge in [0.1, 0.15) is 5.65 Å². The molecule has 3 nitrogen and oxygen atoms in total. The molecule has 0 atom stereocenters. The largest absolute Gasteiger partial charge is 0.331 e. The minimum Gasteiger partial charge on any atom is -0.331 e. The fraction of sp³-hybridized carbons (Fsp3) is 0.615. The van der Waals surface area contributed by atoms with Gasteiger partial charge < -0.3 is 4.57 Å². The molecular formula is C13H17N3. The first-order chi connectivity index (χ1) is 7.90. The second-order valence-electron chi connectivity index (χ2n) is 5.39. The maximum Gasteiger partial charge on any atom is 0.136 e. The van der Waals surface area contributed by atoms with Crippen LogP contribution in [-0.4, -0.2) is 14.2 Å². The highest BCUT2D eigenvalue weighted by molar-refractivity contribution is 5.42. The number of rotatable bonds is 3. The molecule has 84 valence electrons. The van der Waals surface area contributed by atoms with E-state index in [1.807, 2.05) is 0 Å². The van der Waals surface area contributed by atoms with E-state index in [0.717, 1.165) is 11.8 Å². The summed E-state index contributed by atoms with van der Waals surface area (Å²) in [7, 11) is 0. The van der Waals surface area contributed by atoms with E-state index in [0.29, 0.717) is 0 Å². The average molecular weight is 215 g/mol. The quantitative estimate of drug-likeness (QED) is 0.771. The lowest BCUT2D eigenvalue weighted by molar-refractivity contribution is 0.409. The Morgan fingerprint density at radius 1 is 1.19 bits per heavy atom. The van der Waals surface area contributed by atoms with Crippen LogP contribution in [0.15, 0.2) is 18.5 Å². The van der Waals surface area contributed by atoms with E-state index in [2.05, 4.69) is 32.6 Å². The van der Waals surface area contributed by atoms with Crippen molar-refractivity contribution in [2.24, 2.45) is 5.92 Å². The van der Waals surface area contributed by atoms with Crippen LogP contribution < -0.4 is 0 Å². The van der Waals surface area contributed by atoms with Crippen molar-refractivity contribution in [3.8, 4) is 0 Å². The van der Waals surface area contributed by atoms with Crippen molar-refractivity contribution in [3.63, 3.8) is 0 Å². The number of imidazole rings is 1. The lowest BCUT2D eigenvalue weighted by Crippen LogP contribution is -2.09. The van der Waals surface area contributed by atoms with Gasteiger partial charge in [0.2, 0.25) is 0 Å². The van der Waals surface area contributed by atoms with Crippen molar-refractivity contribution in [3.05, 3.63) is 24.2 Å². The molecular weight excluding hydrogens is 198 g/mol. The molecule has 0 spiro atoms. The predicted octanol–water partition coefficient (Wildman–Crippen LogP) is 2.81. The van der Waals surface area contributed by atoms with E-state index in [1.54, 1.807) is 0 Å². The summed E-state index contributed by atoms with van der Waals surface area (Å²) in [6.07, 6.45) is 11.1. The van der Waals surface area contributed by atoms with Crippen LogP contribution in [0.1, 0.15) is 43.7 Å². The molecule has 16 heavy (non-hydrogen) atoms. The number of aromatic nitrogens is 3. The van der Waals surface area contributed by atoms with E-state index in [1.165, 1.54) is 50.0 Å². The zero-order chi connectivity index (χ0) is 10.5. The molecule has 4 rings (SSSR count). The molecule has 2 heterocycles. The number of hydrogen-bond donors (Lipinski definition) is 0. The highest BCUT2D eigenvalue weighted by Gasteiger charge is 2.25. The van der Waals surface area contributed by atoms with Crippen molar-refractivity contribution in [2.75, 3.05) is 0 Å². The van der Waals surface area contributed by atoms with Crippen molar-refractivity contribution in [1.82, 2.24) is 14.2 Å². The van der Waals surface area contributed by atoms with E-state index in [-0.39, 0.29) is 0 Å². The van der Waals surface area contributed by atoms with E-state index in [9.17, 15) is 0 Å². The van der Waals surface area contributed by atoms with Gasteiger partial charge in [0.25, 0.3) is 0 Å². The smallest absolute Gasteiger partial charge is 0.136 e. The molecule has 0 bridgehead atoms. The third-order valence-corrected chi connectivity index (χ3v) is 4.09. The number of nitrogens with zero attached hydrogens (tertiary/aromatic N) is 3. The molecule has 0 saturated heterocycles. The topological polar surface area (TPSA) is 22.2 Å². The fourth-order valence-corrected chi connectivity index (χ4v) is 2.58. The van der Waals surface area contributed by atoms with Gasteiger partial charge in [-0.25, -0.2) is 4.52 Å². The predicted molar refractivity (Wildman–Crippen MR) is 62.5 cm³/mol. The first-order valence-corrected chi connectivity index (χ1v) is 6.44. The van der Waals surface area contributed by atoms with Gasteiger partial charge >= 0.3 is 0 Å². The van der Waals surface area contributed by atoms with Gasteiger partial charge in [0.15, 0.2) is 0 Å². The highest BCUT2D eigenvalue weighted by Crippen LogP contribution is 2.36. The molecule has 2 saturated carbocycles. The standard InChI is InChI=1S/C13H17N3/c1-2-11(3-1)12-8-13-15(9-10-4-5-10)6-7-16(13)14-12/h6-8,10-11H,1-5,9H2. The van der Waals surface area contributed by atoms with Crippen LogP contribution in [0.25, 0.3) is 5.65 Å². The number of fused-ring (bicyclic) bond motifs is 1. The van der Waals surface area contributed by atoms with Gasteiger partial charge in [-0.15, -0.1) is 0 Å². The molecule has 0 amide bonds. The highest BCUT2D eigenvalue weighted by atomic mass is 15.3. The molecule has 0 aromatic carbocycles. The number of hydrogen-bond acceptors (Lipinski definition) is 1. The first kappa shape index (κ1) is 8.85. The van der Waals surface area contributed by atoms with Gasteiger partial charge in [-0.3, -0.25) is 0 Å². The van der Waals surface area contributed by atoms with E-state index >= 15 is 0 Å². The SMILES string of the molecule is c1c(C2CCC2)nn2ccn(CC3CC3)c12. The Kier molecular flexibility index (Phi) is 1.73. The second-order valence-corrected chi connectivity index (χ2v) is 5.39. The molecule has 2 aromatic heterocycles. The first-order valence-electron chi connectivity index (χ1n) is 6.44. The summed E-state index contributed by atoms with van der Waals surface area (Å²) in [6, 6.07) is 2.30. The summed E-state index contributed by atoms with van der Waals surface area (Å²) in [4.78, 5) is 0. The van der Waals surface area contributed by atoms with E-state index < -0.39 is 0 Å². The average Bonchev–Trinajstić information content (AvgIpc) is 2.79. The molecule has 0 radical (unpaired) electrons. The van der Waals surface area contributed by atoms with Crippen LogP contribution in [0, 0.1) is 5.92 Å². The van der Waals surface area contributed by atoms with Crippen molar-refractivity contribution >= 4 is 5.65 Å². The Hall–Kier alpha value is -1.25. The monoisotopic (exact) mass is 215 g/mol. The summed E-state index contributed by atoms with van der Waals surface area (Å²) in [5, 5.41) is 4.68. The zero-order valence-corrected chi connectivity index (χ0v) is 9.47. The summed E-state index contributed by atoms with van der Waals surface area (Å²) >= 11 is 0. The summed E-state index contributed by atoms with van der Waals surface area (Å²) < 4.78 is 4.42. The molecule has 2 fully saturated rings. The Morgan fingerprint density at radius 3 is 2.75 bits per heavy atom. The van der Waals surface area contributed by atoms with Crippen molar-refractivity contribution < 1.29 is 0 Å². The van der Waals surface area contributed by atoms with Crippen LogP contribution in [0.4, 0.5) is 0 Å². The lowest BCUT2D eigenvalue weighted by Gasteiger charge is -2.22. The van der Waals surface area contributed by atoms with E-state index in [4.69, 9.17) is 0 Å². The Labute approximate surface area is 95.1 Å². The van der Waals surface area contributed by atoms with Crippen LogP contribution >= 0.6 is 0 Å². The minimum atomic E-state index is 0.745. The second kappa shape index (κ2) is 3.12. The van der Waals surface area contributed by atoms with Crippen LogP contribution in [0.3, 0.4) is 0 Å². The third-order valence-electron chi connectivity index (χ3n) is 4.09. The molecule has 2 aliphatic carbocycles. The minimum absolute atomic E-state index is 0.745. The zero-order valence-electron chi connectivity index (χ0n) is 9.47. The molecule has 0 aliphatic heterocycles. The maximum atomic E-state index is 4.68. The third kappa shape index (κ3) is 1.30. The molecule has 0 N–H and O–H groups in total. The molecule has 0 unspecified atom stereocenters. The van der Waals surface area contributed by atoms with Crippen molar-refractivity contribution in [2.45, 2.75) is 44.6 Å². The van der Waals surface area contributed by atoms with Crippen LogP contribution in [0.5, 0.6) is 0 Å². The summed E-state index contributed by atoms with van der Waals surface area (Å²) in [5.41, 5.74) is 2.60. The Balaban J connectivity index is 1.70. The van der Waals surface area contributed by atoms with Crippen molar-refractivity contribution in [1.29, 1.82) is 0 Å². The van der Waals surface area contributed by atoms with Gasteiger partial charge in [-0.2, -0.15) is 5.10 Å². The maximum absolute atomic E-state index is 4.68. The van der Waals surface area contributed by atoms with Gasteiger partial charge in [0, 0.05) is 30.9 Å².